The zero-order chi connectivity index (χ0) is 14.9. The summed E-state index contributed by atoms with van der Waals surface area (Å²) in [6.07, 6.45) is 1.74. The van der Waals surface area contributed by atoms with E-state index in [4.69, 9.17) is 11.6 Å². The van der Waals surface area contributed by atoms with Crippen LogP contribution in [0.5, 0.6) is 0 Å². The number of anilines is 2. The number of hydrogen-bond acceptors (Lipinski definition) is 3. The number of hydrogen-bond donors (Lipinski definition) is 1. The Morgan fingerprint density at radius 2 is 1.55 bits per heavy atom. The number of nitrogens with one attached hydrogen (secondary N) is 1. The monoisotopic (exact) mass is 305 g/mol. The predicted molar refractivity (Wildman–Crippen MR) is 91.8 cm³/mol. The number of benzene rings is 2. The molecule has 2 heterocycles. The van der Waals surface area contributed by atoms with E-state index >= 15 is 0 Å². The highest BCUT2D eigenvalue weighted by molar-refractivity contribution is 6.36. The van der Waals surface area contributed by atoms with Gasteiger partial charge in [-0.3, -0.25) is 0 Å². The standard InChI is InChI=1S/C18H12ClN3/c19-17-14-9-5-4-8-13(14)16-15(10-11-20-18(16)22-17)21-12-6-2-1-3-7-12/h1-11H,(H,20,21,22). The Hall–Kier alpha value is -2.65. The molecule has 4 heteroatoms. The van der Waals surface area contributed by atoms with Crippen molar-refractivity contribution < 1.29 is 0 Å². The molecule has 0 fully saturated rings. The van der Waals surface area contributed by atoms with E-state index in [1.54, 1.807) is 6.20 Å². The number of fused-ring (bicyclic) bond motifs is 3. The van der Waals surface area contributed by atoms with Gasteiger partial charge in [-0.05, 0) is 23.6 Å². The van der Waals surface area contributed by atoms with Crippen LogP contribution < -0.4 is 5.32 Å². The average molecular weight is 306 g/mol. The maximum Gasteiger partial charge on any atom is 0.163 e. The van der Waals surface area contributed by atoms with Crippen molar-refractivity contribution in [3.8, 4) is 0 Å². The average Bonchev–Trinajstić information content (AvgIpc) is 2.56. The Labute approximate surface area is 132 Å². The van der Waals surface area contributed by atoms with E-state index < -0.39 is 0 Å². The van der Waals surface area contributed by atoms with Gasteiger partial charge < -0.3 is 5.32 Å². The zero-order valence-electron chi connectivity index (χ0n) is 11.6. The minimum atomic E-state index is 0.479. The Morgan fingerprint density at radius 3 is 2.36 bits per heavy atom. The molecule has 0 spiro atoms. The first-order chi connectivity index (χ1) is 10.8. The van der Waals surface area contributed by atoms with Crippen LogP contribution in [0.15, 0.2) is 66.9 Å². The summed E-state index contributed by atoms with van der Waals surface area (Å²) < 4.78 is 0. The van der Waals surface area contributed by atoms with Crippen LogP contribution in [0.25, 0.3) is 21.8 Å². The van der Waals surface area contributed by atoms with Crippen molar-refractivity contribution in [3.63, 3.8) is 0 Å². The summed E-state index contributed by atoms with van der Waals surface area (Å²) in [6.45, 7) is 0. The van der Waals surface area contributed by atoms with Crippen molar-refractivity contribution in [3.05, 3.63) is 72.0 Å². The van der Waals surface area contributed by atoms with E-state index in [0.717, 1.165) is 27.5 Å². The second-order valence-electron chi connectivity index (χ2n) is 5.00. The Morgan fingerprint density at radius 1 is 0.818 bits per heavy atom. The van der Waals surface area contributed by atoms with E-state index in [-0.39, 0.29) is 0 Å². The summed E-state index contributed by atoms with van der Waals surface area (Å²) in [4.78, 5) is 8.78. The van der Waals surface area contributed by atoms with Crippen molar-refractivity contribution in [1.82, 2.24) is 9.97 Å². The van der Waals surface area contributed by atoms with Crippen molar-refractivity contribution in [2.24, 2.45) is 0 Å². The quantitative estimate of drug-likeness (QED) is 0.409. The first kappa shape index (κ1) is 13.0. The van der Waals surface area contributed by atoms with Crippen LogP contribution in [-0.2, 0) is 0 Å². The summed E-state index contributed by atoms with van der Waals surface area (Å²) in [7, 11) is 0. The minimum Gasteiger partial charge on any atom is -0.355 e. The lowest BCUT2D eigenvalue weighted by atomic mass is 10.1. The second kappa shape index (κ2) is 5.28. The van der Waals surface area contributed by atoms with Crippen molar-refractivity contribution in [1.29, 1.82) is 0 Å². The minimum absolute atomic E-state index is 0.479. The summed E-state index contributed by atoms with van der Waals surface area (Å²) >= 11 is 6.28. The second-order valence-corrected chi connectivity index (χ2v) is 5.35. The highest BCUT2D eigenvalue weighted by atomic mass is 35.5. The van der Waals surface area contributed by atoms with Gasteiger partial charge in [0.15, 0.2) is 5.65 Å². The Balaban J connectivity index is 2.01. The lowest BCUT2D eigenvalue weighted by molar-refractivity contribution is 1.30. The Bertz CT molecular complexity index is 968. The van der Waals surface area contributed by atoms with E-state index in [0.29, 0.717) is 10.8 Å². The number of halogens is 1. The fourth-order valence-electron chi connectivity index (χ4n) is 2.62. The zero-order valence-corrected chi connectivity index (χ0v) is 12.4. The highest BCUT2D eigenvalue weighted by Crippen LogP contribution is 2.33. The summed E-state index contributed by atoms with van der Waals surface area (Å²) in [5, 5.41) is 6.87. The summed E-state index contributed by atoms with van der Waals surface area (Å²) in [5.41, 5.74) is 2.63. The molecule has 4 aromatic rings. The number of pyridine rings is 2. The van der Waals surface area contributed by atoms with Gasteiger partial charge in [-0.2, -0.15) is 0 Å². The van der Waals surface area contributed by atoms with Crippen LogP contribution in [0.3, 0.4) is 0 Å². The molecule has 3 nitrogen and oxygen atoms in total. The van der Waals surface area contributed by atoms with Gasteiger partial charge >= 0.3 is 0 Å². The van der Waals surface area contributed by atoms with Crippen LogP contribution >= 0.6 is 11.6 Å². The van der Waals surface area contributed by atoms with Gasteiger partial charge in [0.1, 0.15) is 5.15 Å². The maximum absolute atomic E-state index is 6.28. The molecule has 0 bridgehead atoms. The molecule has 0 saturated heterocycles. The number of aromatic nitrogens is 2. The van der Waals surface area contributed by atoms with Crippen LogP contribution in [0.2, 0.25) is 5.15 Å². The van der Waals surface area contributed by atoms with E-state index in [1.807, 2.05) is 60.7 Å². The fraction of sp³-hybridized carbons (Fsp3) is 0. The summed E-state index contributed by atoms with van der Waals surface area (Å²) in [5.74, 6) is 0. The van der Waals surface area contributed by atoms with Gasteiger partial charge in [0.05, 0.1) is 11.1 Å². The topological polar surface area (TPSA) is 37.8 Å². The van der Waals surface area contributed by atoms with Gasteiger partial charge in [-0.1, -0.05) is 54.1 Å². The number of rotatable bonds is 2. The van der Waals surface area contributed by atoms with Gasteiger partial charge in [-0.25, -0.2) is 9.97 Å². The molecular formula is C18H12ClN3. The molecule has 2 aromatic carbocycles. The van der Waals surface area contributed by atoms with Gasteiger partial charge in [0, 0.05) is 17.3 Å². The van der Waals surface area contributed by atoms with E-state index in [9.17, 15) is 0 Å². The third-order valence-electron chi connectivity index (χ3n) is 3.61. The molecule has 0 atom stereocenters. The lowest BCUT2D eigenvalue weighted by Crippen LogP contribution is -1.95. The maximum atomic E-state index is 6.28. The normalized spacial score (nSPS) is 11.0. The highest BCUT2D eigenvalue weighted by Gasteiger charge is 2.11. The van der Waals surface area contributed by atoms with E-state index in [2.05, 4.69) is 15.3 Å². The SMILES string of the molecule is Clc1nc2nccc(Nc3ccccc3)c2c2ccccc12. The Kier molecular flexibility index (Phi) is 3.13. The van der Waals surface area contributed by atoms with Crippen LogP contribution in [-0.4, -0.2) is 9.97 Å². The number of para-hydroxylation sites is 1. The fourth-order valence-corrected chi connectivity index (χ4v) is 2.86. The first-order valence-electron chi connectivity index (χ1n) is 6.98. The van der Waals surface area contributed by atoms with Crippen molar-refractivity contribution in [2.75, 3.05) is 5.32 Å². The molecule has 0 unspecified atom stereocenters. The number of nitrogens with zero attached hydrogens (tertiary/aromatic N) is 2. The molecule has 0 amide bonds. The molecule has 0 aliphatic carbocycles. The van der Waals surface area contributed by atoms with Crippen molar-refractivity contribution in [2.45, 2.75) is 0 Å². The smallest absolute Gasteiger partial charge is 0.163 e. The molecule has 2 aromatic heterocycles. The van der Waals surface area contributed by atoms with Crippen LogP contribution in [0, 0.1) is 0 Å². The predicted octanol–water partition coefficient (Wildman–Crippen LogP) is 5.18. The first-order valence-corrected chi connectivity index (χ1v) is 7.36. The third kappa shape index (κ3) is 2.16. The third-order valence-corrected chi connectivity index (χ3v) is 3.89. The van der Waals surface area contributed by atoms with Gasteiger partial charge in [-0.15, -0.1) is 0 Å². The molecule has 22 heavy (non-hydrogen) atoms. The van der Waals surface area contributed by atoms with Crippen molar-refractivity contribution >= 4 is 44.8 Å². The lowest BCUT2D eigenvalue weighted by Gasteiger charge is -2.11. The molecular weight excluding hydrogens is 294 g/mol. The molecule has 0 saturated carbocycles. The van der Waals surface area contributed by atoms with Gasteiger partial charge in [0.2, 0.25) is 0 Å². The van der Waals surface area contributed by atoms with E-state index in [1.165, 1.54) is 0 Å². The largest absolute Gasteiger partial charge is 0.355 e. The molecule has 4 rings (SSSR count). The molecule has 0 aliphatic rings. The molecule has 0 aliphatic heterocycles. The summed E-state index contributed by atoms with van der Waals surface area (Å²) in [6, 6.07) is 20.0. The van der Waals surface area contributed by atoms with Gasteiger partial charge in [0.25, 0.3) is 0 Å². The molecule has 0 radical (unpaired) electrons. The van der Waals surface area contributed by atoms with Crippen LogP contribution in [0.1, 0.15) is 0 Å². The van der Waals surface area contributed by atoms with Crippen LogP contribution in [0.4, 0.5) is 11.4 Å². The molecule has 1 N–H and O–H groups in total. The molecule has 106 valence electrons.